The molecule has 3 aromatic carbocycles. The highest BCUT2D eigenvalue weighted by atomic mass is 16.2. The molecular weight excluding hydrogens is 410 g/mol. The number of carbonyl (C=O) groups excluding carboxylic acids is 2. The van der Waals surface area contributed by atoms with Crippen LogP contribution in [-0.2, 0) is 0 Å². The van der Waals surface area contributed by atoms with Gasteiger partial charge in [0, 0.05) is 35.6 Å². The second kappa shape index (κ2) is 10.0. The van der Waals surface area contributed by atoms with Crippen molar-refractivity contribution in [2.75, 3.05) is 37.4 Å². The lowest BCUT2D eigenvalue weighted by atomic mass is 9.93. The van der Waals surface area contributed by atoms with Crippen LogP contribution in [0.2, 0.25) is 0 Å². The number of aryl methyl sites for hydroxylation is 1. The molecule has 0 bridgehead atoms. The highest BCUT2D eigenvalue weighted by Gasteiger charge is 2.27. The summed E-state index contributed by atoms with van der Waals surface area (Å²) in [5.41, 5.74) is 5.09. The van der Waals surface area contributed by atoms with Crippen LogP contribution in [0.25, 0.3) is 0 Å². The number of nitrogens with zero attached hydrogens (tertiary/aromatic N) is 2. The van der Waals surface area contributed by atoms with Gasteiger partial charge in [0.05, 0.1) is 0 Å². The lowest BCUT2D eigenvalue weighted by Crippen LogP contribution is -2.31. The number of hydrogen-bond acceptors (Lipinski definition) is 3. The summed E-state index contributed by atoms with van der Waals surface area (Å²) in [6.45, 7) is 3.58. The first kappa shape index (κ1) is 22.7. The van der Waals surface area contributed by atoms with Crippen LogP contribution in [0.4, 0.5) is 11.4 Å². The molecule has 1 heterocycles. The summed E-state index contributed by atoms with van der Waals surface area (Å²) in [7, 11) is 4.19. The quantitative estimate of drug-likeness (QED) is 0.582. The minimum Gasteiger partial charge on any atom is -0.322 e. The molecule has 4 rings (SSSR count). The number of carbonyl (C=O) groups is 2. The Morgan fingerprint density at radius 2 is 1.67 bits per heavy atom. The van der Waals surface area contributed by atoms with E-state index in [9.17, 15) is 9.59 Å². The van der Waals surface area contributed by atoms with Gasteiger partial charge in [-0.2, -0.15) is 0 Å². The SMILES string of the molecule is Cc1ccccc1C(=O)Nc1ccc(C(=O)N2CCCC(CN(C)C)c3ccccc32)cc1. The van der Waals surface area contributed by atoms with E-state index < -0.39 is 0 Å². The molecule has 0 saturated carbocycles. The standard InChI is InChI=1S/C28H31N3O2/c1-20-9-4-5-11-24(20)27(32)29-23-16-14-21(15-17-23)28(33)31-18-8-10-22(19-30(2)3)25-12-6-7-13-26(25)31/h4-7,9,11-17,22H,8,10,18-19H2,1-3H3,(H,29,32). The summed E-state index contributed by atoms with van der Waals surface area (Å²) in [6.07, 6.45) is 2.02. The van der Waals surface area contributed by atoms with E-state index in [2.05, 4.69) is 42.5 Å². The summed E-state index contributed by atoms with van der Waals surface area (Å²) < 4.78 is 0. The van der Waals surface area contributed by atoms with Gasteiger partial charge in [0.15, 0.2) is 0 Å². The Labute approximate surface area is 196 Å². The molecule has 5 heteroatoms. The van der Waals surface area contributed by atoms with Crippen molar-refractivity contribution >= 4 is 23.2 Å². The van der Waals surface area contributed by atoms with E-state index in [1.165, 1.54) is 5.56 Å². The normalized spacial score (nSPS) is 15.6. The zero-order valence-corrected chi connectivity index (χ0v) is 19.5. The number of anilines is 2. The third-order valence-electron chi connectivity index (χ3n) is 6.21. The van der Waals surface area contributed by atoms with Crippen molar-refractivity contribution in [2.45, 2.75) is 25.7 Å². The van der Waals surface area contributed by atoms with E-state index >= 15 is 0 Å². The van der Waals surface area contributed by atoms with Crippen LogP contribution < -0.4 is 10.2 Å². The molecule has 1 unspecified atom stereocenters. The van der Waals surface area contributed by atoms with E-state index in [1.54, 1.807) is 24.3 Å². The fourth-order valence-electron chi connectivity index (χ4n) is 4.57. The predicted molar refractivity (Wildman–Crippen MR) is 134 cm³/mol. The molecule has 0 aromatic heterocycles. The van der Waals surface area contributed by atoms with Crippen molar-refractivity contribution < 1.29 is 9.59 Å². The molecule has 1 N–H and O–H groups in total. The molecule has 2 amide bonds. The lowest BCUT2D eigenvalue weighted by Gasteiger charge is -2.25. The summed E-state index contributed by atoms with van der Waals surface area (Å²) in [4.78, 5) is 30.2. The fraction of sp³-hybridized carbons (Fsp3) is 0.286. The number of fused-ring (bicyclic) bond motifs is 1. The first-order chi connectivity index (χ1) is 15.9. The highest BCUT2D eigenvalue weighted by Crippen LogP contribution is 2.35. The smallest absolute Gasteiger partial charge is 0.258 e. The van der Waals surface area contributed by atoms with Crippen molar-refractivity contribution in [2.24, 2.45) is 0 Å². The van der Waals surface area contributed by atoms with E-state index in [0.29, 0.717) is 29.3 Å². The topological polar surface area (TPSA) is 52.7 Å². The molecule has 170 valence electrons. The lowest BCUT2D eigenvalue weighted by molar-refractivity contribution is 0.0985. The maximum Gasteiger partial charge on any atom is 0.258 e. The first-order valence-corrected chi connectivity index (χ1v) is 11.5. The fourth-order valence-corrected chi connectivity index (χ4v) is 4.57. The van der Waals surface area contributed by atoms with E-state index in [1.807, 2.05) is 42.2 Å². The highest BCUT2D eigenvalue weighted by molar-refractivity contribution is 6.08. The number of benzene rings is 3. The minimum atomic E-state index is -0.152. The second-order valence-corrected chi connectivity index (χ2v) is 8.96. The molecule has 0 saturated heterocycles. The molecule has 3 aromatic rings. The predicted octanol–water partition coefficient (Wildman–Crippen LogP) is 5.33. The molecule has 5 nitrogen and oxygen atoms in total. The zero-order chi connectivity index (χ0) is 23.4. The molecular formula is C28H31N3O2. The first-order valence-electron chi connectivity index (χ1n) is 11.5. The Kier molecular flexibility index (Phi) is 6.90. The van der Waals surface area contributed by atoms with Crippen molar-refractivity contribution in [3.8, 4) is 0 Å². The van der Waals surface area contributed by atoms with Gasteiger partial charge in [-0.05, 0) is 87.3 Å². The minimum absolute atomic E-state index is 0.00951. The van der Waals surface area contributed by atoms with Gasteiger partial charge in [-0.1, -0.05) is 36.4 Å². The monoisotopic (exact) mass is 441 g/mol. The number of para-hydroxylation sites is 1. The Balaban J connectivity index is 1.53. The van der Waals surface area contributed by atoms with Crippen molar-refractivity contribution in [1.29, 1.82) is 0 Å². The number of hydrogen-bond donors (Lipinski definition) is 1. The number of amides is 2. The molecule has 1 aliphatic heterocycles. The Bertz CT molecular complexity index is 1140. The average Bonchev–Trinajstić information content (AvgIpc) is 2.99. The summed E-state index contributed by atoms with van der Waals surface area (Å²) in [5, 5.41) is 2.93. The van der Waals surface area contributed by atoms with Gasteiger partial charge in [-0.25, -0.2) is 0 Å². The van der Waals surface area contributed by atoms with Crippen LogP contribution >= 0.6 is 0 Å². The molecule has 33 heavy (non-hydrogen) atoms. The Hall–Kier alpha value is -3.44. The molecule has 0 radical (unpaired) electrons. The van der Waals surface area contributed by atoms with Crippen LogP contribution in [0, 0.1) is 6.92 Å². The summed E-state index contributed by atoms with van der Waals surface area (Å²) >= 11 is 0. The second-order valence-electron chi connectivity index (χ2n) is 8.96. The largest absolute Gasteiger partial charge is 0.322 e. The van der Waals surface area contributed by atoms with Crippen LogP contribution in [-0.4, -0.2) is 43.9 Å². The number of nitrogens with one attached hydrogen (secondary N) is 1. The third kappa shape index (κ3) is 5.15. The van der Waals surface area contributed by atoms with Crippen LogP contribution in [0.1, 0.15) is 50.6 Å². The summed E-state index contributed by atoms with van der Waals surface area (Å²) in [5.74, 6) is 0.248. The molecule has 1 aliphatic rings. The van der Waals surface area contributed by atoms with Crippen molar-refractivity contribution in [3.63, 3.8) is 0 Å². The Morgan fingerprint density at radius 1 is 0.970 bits per heavy atom. The van der Waals surface area contributed by atoms with Gasteiger partial charge >= 0.3 is 0 Å². The molecule has 0 aliphatic carbocycles. The van der Waals surface area contributed by atoms with E-state index in [-0.39, 0.29) is 11.8 Å². The summed E-state index contributed by atoms with van der Waals surface area (Å²) in [6, 6.07) is 22.9. The maximum atomic E-state index is 13.5. The van der Waals surface area contributed by atoms with E-state index in [0.717, 1.165) is 30.6 Å². The van der Waals surface area contributed by atoms with Crippen molar-refractivity contribution in [3.05, 3.63) is 95.1 Å². The van der Waals surface area contributed by atoms with E-state index in [4.69, 9.17) is 0 Å². The van der Waals surface area contributed by atoms with Crippen molar-refractivity contribution in [1.82, 2.24) is 4.90 Å². The van der Waals surface area contributed by atoms with Gasteiger partial charge in [-0.15, -0.1) is 0 Å². The molecule has 1 atom stereocenters. The Morgan fingerprint density at radius 3 is 2.39 bits per heavy atom. The molecule has 0 fully saturated rings. The van der Waals surface area contributed by atoms with Gasteiger partial charge in [0.25, 0.3) is 11.8 Å². The average molecular weight is 442 g/mol. The van der Waals surface area contributed by atoms with Gasteiger partial charge < -0.3 is 15.1 Å². The zero-order valence-electron chi connectivity index (χ0n) is 19.5. The van der Waals surface area contributed by atoms with Crippen LogP contribution in [0.15, 0.2) is 72.8 Å². The van der Waals surface area contributed by atoms with Gasteiger partial charge in [0.2, 0.25) is 0 Å². The van der Waals surface area contributed by atoms with Crippen LogP contribution in [0.3, 0.4) is 0 Å². The number of likely N-dealkylation sites (N-methyl/N-ethyl adjacent to an activating group) is 1. The molecule has 0 spiro atoms. The maximum absolute atomic E-state index is 13.5. The number of rotatable bonds is 5. The van der Waals surface area contributed by atoms with Gasteiger partial charge in [-0.3, -0.25) is 9.59 Å². The third-order valence-corrected chi connectivity index (χ3v) is 6.21. The van der Waals surface area contributed by atoms with Crippen LogP contribution in [0.5, 0.6) is 0 Å². The van der Waals surface area contributed by atoms with Gasteiger partial charge in [0.1, 0.15) is 0 Å².